The standard InChI is InChI=1S/C12H16N2O4S/c15-11(16)12(6-3-7-12)14-19(17,18)9-5-10-4-1-2-8-13-10/h1-2,4,8,14H,3,5-7,9H2,(H,15,16). The summed E-state index contributed by atoms with van der Waals surface area (Å²) < 4.78 is 26.1. The quantitative estimate of drug-likeness (QED) is 0.795. The lowest BCUT2D eigenvalue weighted by atomic mass is 9.78. The Bertz CT molecular complexity index is 552. The topological polar surface area (TPSA) is 96.4 Å². The molecule has 1 aromatic rings. The molecule has 7 heteroatoms. The minimum Gasteiger partial charge on any atom is -0.480 e. The second kappa shape index (κ2) is 5.26. The van der Waals surface area contributed by atoms with Gasteiger partial charge in [-0.3, -0.25) is 9.78 Å². The first-order valence-electron chi connectivity index (χ1n) is 6.09. The summed E-state index contributed by atoms with van der Waals surface area (Å²) in [4.78, 5) is 15.2. The second-order valence-electron chi connectivity index (χ2n) is 4.73. The third-order valence-corrected chi connectivity index (χ3v) is 4.76. The number of hydrogen-bond donors (Lipinski definition) is 2. The molecule has 2 N–H and O–H groups in total. The van der Waals surface area contributed by atoms with Gasteiger partial charge in [0.2, 0.25) is 10.0 Å². The Morgan fingerprint density at radius 1 is 1.42 bits per heavy atom. The maximum atomic E-state index is 11.9. The van der Waals surface area contributed by atoms with Crippen LogP contribution >= 0.6 is 0 Å². The van der Waals surface area contributed by atoms with E-state index in [0.29, 0.717) is 18.5 Å². The summed E-state index contributed by atoms with van der Waals surface area (Å²) in [5.74, 6) is -1.25. The summed E-state index contributed by atoms with van der Waals surface area (Å²) in [6.07, 6.45) is 3.30. The first-order chi connectivity index (χ1) is 8.94. The number of aromatic nitrogens is 1. The third kappa shape index (κ3) is 3.30. The van der Waals surface area contributed by atoms with Crippen LogP contribution < -0.4 is 4.72 Å². The fourth-order valence-electron chi connectivity index (χ4n) is 2.02. The van der Waals surface area contributed by atoms with E-state index in [2.05, 4.69) is 9.71 Å². The maximum absolute atomic E-state index is 11.9. The van der Waals surface area contributed by atoms with Gasteiger partial charge in [0.05, 0.1) is 5.75 Å². The summed E-state index contributed by atoms with van der Waals surface area (Å²) >= 11 is 0. The van der Waals surface area contributed by atoms with Crippen LogP contribution in [-0.4, -0.2) is 35.8 Å². The Hall–Kier alpha value is -1.47. The van der Waals surface area contributed by atoms with Gasteiger partial charge in [-0.05, 0) is 31.4 Å². The van der Waals surface area contributed by atoms with Crippen LogP contribution in [0.15, 0.2) is 24.4 Å². The zero-order valence-corrected chi connectivity index (χ0v) is 11.2. The van der Waals surface area contributed by atoms with Gasteiger partial charge in [0.25, 0.3) is 0 Å². The molecule has 1 fully saturated rings. The highest BCUT2D eigenvalue weighted by Gasteiger charge is 2.47. The molecule has 1 aliphatic carbocycles. The van der Waals surface area contributed by atoms with Crippen LogP contribution in [-0.2, 0) is 21.2 Å². The van der Waals surface area contributed by atoms with Crippen molar-refractivity contribution >= 4 is 16.0 Å². The summed E-state index contributed by atoms with van der Waals surface area (Å²) in [5, 5.41) is 9.09. The highest BCUT2D eigenvalue weighted by atomic mass is 32.2. The Balaban J connectivity index is 1.97. The largest absolute Gasteiger partial charge is 0.480 e. The van der Waals surface area contributed by atoms with Gasteiger partial charge in [-0.2, -0.15) is 4.72 Å². The van der Waals surface area contributed by atoms with Crippen LogP contribution in [0.1, 0.15) is 25.0 Å². The number of carboxylic acid groups (broad SMARTS) is 1. The van der Waals surface area contributed by atoms with Crippen LogP contribution in [0.2, 0.25) is 0 Å². The molecule has 0 amide bonds. The summed E-state index contributed by atoms with van der Waals surface area (Å²) in [5.41, 5.74) is -0.617. The van der Waals surface area contributed by atoms with Crippen LogP contribution in [0.4, 0.5) is 0 Å². The first kappa shape index (κ1) is 14.0. The predicted octanol–water partition coefficient (Wildman–Crippen LogP) is 0.551. The van der Waals surface area contributed by atoms with Crippen molar-refractivity contribution in [3.63, 3.8) is 0 Å². The number of hydrogen-bond acceptors (Lipinski definition) is 4. The van der Waals surface area contributed by atoms with Crippen molar-refractivity contribution in [2.75, 3.05) is 5.75 Å². The second-order valence-corrected chi connectivity index (χ2v) is 6.57. The number of rotatable bonds is 6. The van der Waals surface area contributed by atoms with Gasteiger partial charge in [-0.15, -0.1) is 0 Å². The van der Waals surface area contributed by atoms with Crippen molar-refractivity contribution in [1.82, 2.24) is 9.71 Å². The molecule has 0 atom stereocenters. The molecule has 0 spiro atoms. The summed E-state index contributed by atoms with van der Waals surface area (Å²) in [7, 11) is -3.61. The number of pyridine rings is 1. The minimum atomic E-state index is -3.61. The summed E-state index contributed by atoms with van der Waals surface area (Å²) in [6, 6.07) is 5.28. The Morgan fingerprint density at radius 3 is 2.63 bits per heavy atom. The molecule has 0 radical (unpaired) electrons. The number of carboxylic acids is 1. The number of sulfonamides is 1. The number of aliphatic carboxylic acids is 1. The molecule has 1 aliphatic rings. The Morgan fingerprint density at radius 2 is 2.16 bits per heavy atom. The number of aryl methyl sites for hydroxylation is 1. The van der Waals surface area contributed by atoms with Crippen molar-refractivity contribution in [1.29, 1.82) is 0 Å². The number of carbonyl (C=O) groups is 1. The molecule has 19 heavy (non-hydrogen) atoms. The van der Waals surface area contributed by atoms with Crippen molar-refractivity contribution in [3.8, 4) is 0 Å². The van der Waals surface area contributed by atoms with Gasteiger partial charge in [0.1, 0.15) is 5.54 Å². The highest BCUT2D eigenvalue weighted by Crippen LogP contribution is 2.32. The van der Waals surface area contributed by atoms with Crippen molar-refractivity contribution in [2.24, 2.45) is 0 Å². The van der Waals surface area contributed by atoms with E-state index in [1.54, 1.807) is 24.4 Å². The minimum absolute atomic E-state index is 0.154. The van der Waals surface area contributed by atoms with Crippen LogP contribution in [0.5, 0.6) is 0 Å². The average Bonchev–Trinajstić information content (AvgIpc) is 2.33. The van der Waals surface area contributed by atoms with Gasteiger partial charge < -0.3 is 5.11 Å². The lowest BCUT2D eigenvalue weighted by Crippen LogP contribution is -2.59. The molecule has 6 nitrogen and oxygen atoms in total. The Kier molecular flexibility index (Phi) is 3.86. The van der Waals surface area contributed by atoms with E-state index >= 15 is 0 Å². The van der Waals surface area contributed by atoms with E-state index in [1.165, 1.54) is 0 Å². The summed E-state index contributed by atoms with van der Waals surface area (Å²) in [6.45, 7) is 0. The van der Waals surface area contributed by atoms with E-state index in [4.69, 9.17) is 5.11 Å². The molecular weight excluding hydrogens is 268 g/mol. The van der Waals surface area contributed by atoms with Gasteiger partial charge in [0.15, 0.2) is 0 Å². The first-order valence-corrected chi connectivity index (χ1v) is 7.74. The van der Waals surface area contributed by atoms with E-state index in [9.17, 15) is 13.2 Å². The van der Waals surface area contributed by atoms with Gasteiger partial charge >= 0.3 is 5.97 Å². The molecule has 1 aromatic heterocycles. The fourth-order valence-corrected chi connectivity index (χ4v) is 3.49. The molecule has 1 saturated carbocycles. The molecule has 0 saturated heterocycles. The van der Waals surface area contributed by atoms with Gasteiger partial charge in [0, 0.05) is 18.3 Å². The molecule has 0 aliphatic heterocycles. The molecule has 1 heterocycles. The molecule has 104 valence electrons. The predicted molar refractivity (Wildman–Crippen MR) is 69.1 cm³/mol. The van der Waals surface area contributed by atoms with E-state index in [0.717, 1.165) is 6.42 Å². The van der Waals surface area contributed by atoms with E-state index < -0.39 is 21.5 Å². The van der Waals surface area contributed by atoms with Crippen molar-refractivity contribution in [2.45, 2.75) is 31.2 Å². The highest BCUT2D eigenvalue weighted by molar-refractivity contribution is 7.89. The van der Waals surface area contributed by atoms with Crippen LogP contribution in [0.3, 0.4) is 0 Å². The number of nitrogens with one attached hydrogen (secondary N) is 1. The van der Waals surface area contributed by atoms with Crippen molar-refractivity contribution < 1.29 is 18.3 Å². The SMILES string of the molecule is O=C(O)C1(NS(=O)(=O)CCc2ccccn2)CCC1. The lowest BCUT2D eigenvalue weighted by Gasteiger charge is -2.37. The molecule has 0 unspecified atom stereocenters. The zero-order chi connectivity index (χ0) is 13.9. The third-order valence-electron chi connectivity index (χ3n) is 3.32. The van der Waals surface area contributed by atoms with Gasteiger partial charge in [-0.25, -0.2) is 8.42 Å². The van der Waals surface area contributed by atoms with Gasteiger partial charge in [-0.1, -0.05) is 6.07 Å². The monoisotopic (exact) mass is 284 g/mol. The smallest absolute Gasteiger partial charge is 0.324 e. The molecule has 0 bridgehead atoms. The molecule has 0 aromatic carbocycles. The number of nitrogens with zero attached hydrogens (tertiary/aromatic N) is 1. The fraction of sp³-hybridized carbons (Fsp3) is 0.500. The van der Waals surface area contributed by atoms with E-state index in [1.807, 2.05) is 0 Å². The van der Waals surface area contributed by atoms with Crippen molar-refractivity contribution in [3.05, 3.63) is 30.1 Å². The maximum Gasteiger partial charge on any atom is 0.324 e. The van der Waals surface area contributed by atoms with Crippen LogP contribution in [0, 0.1) is 0 Å². The van der Waals surface area contributed by atoms with E-state index in [-0.39, 0.29) is 12.2 Å². The average molecular weight is 284 g/mol. The molecular formula is C12H16N2O4S. The van der Waals surface area contributed by atoms with Crippen LogP contribution in [0.25, 0.3) is 0 Å². The molecule has 2 rings (SSSR count). The lowest BCUT2D eigenvalue weighted by molar-refractivity contribution is -0.147. The normalized spacial score (nSPS) is 17.7. The Labute approximate surface area is 111 Å². The zero-order valence-electron chi connectivity index (χ0n) is 10.4.